The van der Waals surface area contributed by atoms with Crippen LogP contribution in [0.5, 0.6) is 0 Å². The van der Waals surface area contributed by atoms with E-state index in [0.717, 1.165) is 59.0 Å². The maximum Gasteiger partial charge on any atom is 0.0594 e. The highest BCUT2D eigenvalue weighted by molar-refractivity contribution is 5.28. The minimum absolute atomic E-state index is 0.623. The summed E-state index contributed by atoms with van der Waals surface area (Å²) in [5.74, 6) is 3.17. The molecule has 0 aromatic heterocycles. The SMILES string of the molecule is CC(C)c1ccc(CN2CCCC2)cc1.CC(C)c1ccc(CN2CCCCC2)cc1.CC(C)c1ccc(CN2CCN(C)CC2)cc1.CC(C)c1ccc(CN2CCOCC2)cc1.CCN1CCN(Cc2ccc(C(C)C)cc2)CC1. The monoisotopic (exact) mass is 1120 g/mol. The van der Waals surface area contributed by atoms with Gasteiger partial charge in [-0.25, -0.2) is 0 Å². The Morgan fingerprint density at radius 3 is 0.756 bits per heavy atom. The van der Waals surface area contributed by atoms with Crippen LogP contribution >= 0.6 is 0 Å². The molecule has 8 heteroatoms. The number of morpholine rings is 1. The molecule has 10 rings (SSSR count). The molecule has 0 N–H and O–H groups in total. The van der Waals surface area contributed by atoms with E-state index in [1.165, 1.54) is 173 Å². The van der Waals surface area contributed by atoms with Crippen molar-refractivity contribution in [3.05, 3.63) is 177 Å². The molecule has 0 atom stereocenters. The second-order valence-corrected chi connectivity index (χ2v) is 26.0. The molecule has 5 saturated heterocycles. The molecule has 5 fully saturated rings. The minimum atomic E-state index is 0.623. The lowest BCUT2D eigenvalue weighted by atomic mass is 10.0. The van der Waals surface area contributed by atoms with E-state index in [1.54, 1.807) is 0 Å². The third-order valence-corrected chi connectivity index (χ3v) is 17.5. The summed E-state index contributed by atoms with van der Waals surface area (Å²) in [6, 6.07) is 45.5. The number of hydrogen-bond donors (Lipinski definition) is 0. The van der Waals surface area contributed by atoms with Crippen LogP contribution in [0.4, 0.5) is 0 Å². The van der Waals surface area contributed by atoms with Gasteiger partial charge < -0.3 is 14.5 Å². The molecule has 0 unspecified atom stereocenters. The predicted octanol–water partition coefficient (Wildman–Crippen LogP) is 15.3. The Labute approximate surface area is 502 Å². The standard InChI is InChI=1S/C16H26N2.C15H24N2.C15H23N.C14H21NO.C14H21N/c1-4-17-9-11-18(12-10-17)13-15-5-7-16(8-6-15)14(2)3;1-13(2)15-6-4-14(5-7-15)12-17-10-8-16(3)9-11-17;1-13(2)15-8-6-14(7-9-15)12-16-10-4-3-5-11-16;1-12(2)14-5-3-13(4-6-14)11-15-7-9-16-10-8-15;1-12(2)14-7-5-13(6-8-14)11-15-9-3-4-10-15/h5-8,14H,4,9-13H2,1-3H3;4-7,13H,8-12H2,1-3H3;6-9,13H,3-5,10-12H2,1-2H3;3-6,12H,7-11H2,1-2H3;5-8,12H,3-4,9-11H2,1-2H3. The van der Waals surface area contributed by atoms with Gasteiger partial charge in [0.2, 0.25) is 0 Å². The Morgan fingerprint density at radius 1 is 0.280 bits per heavy atom. The third kappa shape index (κ3) is 24.8. The molecule has 0 radical (unpaired) electrons. The minimum Gasteiger partial charge on any atom is -0.379 e. The highest BCUT2D eigenvalue weighted by Crippen LogP contribution is 2.22. The number of piperazine rings is 2. The average Bonchev–Trinajstić information content (AvgIpc) is 4.03. The molecule has 8 nitrogen and oxygen atoms in total. The number of benzene rings is 5. The first-order chi connectivity index (χ1) is 39.6. The Kier molecular flexibility index (Phi) is 29.9. The number of piperidine rings is 1. The molecule has 5 heterocycles. The van der Waals surface area contributed by atoms with Crippen molar-refractivity contribution in [2.24, 2.45) is 0 Å². The van der Waals surface area contributed by atoms with Crippen LogP contribution in [0.3, 0.4) is 0 Å². The first-order valence-electron chi connectivity index (χ1n) is 32.6. The van der Waals surface area contributed by atoms with Gasteiger partial charge in [0, 0.05) is 98.2 Å². The van der Waals surface area contributed by atoms with Gasteiger partial charge >= 0.3 is 0 Å². The molecule has 0 spiro atoms. The molecule has 452 valence electrons. The zero-order chi connectivity index (χ0) is 58.6. The molecule has 5 aromatic rings. The van der Waals surface area contributed by atoms with E-state index in [1.807, 2.05) is 0 Å². The summed E-state index contributed by atoms with van der Waals surface area (Å²) in [5.41, 5.74) is 14.4. The van der Waals surface area contributed by atoms with Gasteiger partial charge in [0.15, 0.2) is 0 Å². The van der Waals surface area contributed by atoms with E-state index in [4.69, 9.17) is 4.74 Å². The molecular formula is C74H115N7O. The van der Waals surface area contributed by atoms with Crippen LogP contribution in [-0.2, 0) is 37.5 Å². The molecular weight excluding hydrogens is 1000 g/mol. The van der Waals surface area contributed by atoms with Gasteiger partial charge in [0.25, 0.3) is 0 Å². The quantitative estimate of drug-likeness (QED) is 0.0966. The Balaban J connectivity index is 0.000000165. The van der Waals surface area contributed by atoms with Crippen LogP contribution < -0.4 is 0 Å². The molecule has 0 aliphatic carbocycles. The summed E-state index contributed by atoms with van der Waals surface area (Å²) in [6.45, 7) is 50.1. The van der Waals surface area contributed by atoms with Gasteiger partial charge in [-0.1, -0.05) is 204 Å². The predicted molar refractivity (Wildman–Crippen MR) is 353 cm³/mol. The largest absolute Gasteiger partial charge is 0.379 e. The van der Waals surface area contributed by atoms with Crippen LogP contribution in [0.2, 0.25) is 0 Å². The maximum atomic E-state index is 5.35. The van der Waals surface area contributed by atoms with Crippen LogP contribution in [0.15, 0.2) is 121 Å². The van der Waals surface area contributed by atoms with E-state index in [-0.39, 0.29) is 0 Å². The van der Waals surface area contributed by atoms with E-state index < -0.39 is 0 Å². The van der Waals surface area contributed by atoms with Crippen LogP contribution in [0.1, 0.15) is 193 Å². The van der Waals surface area contributed by atoms with Gasteiger partial charge in [-0.15, -0.1) is 0 Å². The fourth-order valence-electron chi connectivity index (χ4n) is 11.4. The molecule has 5 aliphatic rings. The van der Waals surface area contributed by atoms with E-state index in [0.29, 0.717) is 29.6 Å². The lowest BCUT2D eigenvalue weighted by molar-refractivity contribution is 0.0342. The number of likely N-dealkylation sites (N-methyl/N-ethyl adjacent to an activating group) is 2. The summed E-state index contributed by atoms with van der Waals surface area (Å²) in [7, 11) is 2.20. The summed E-state index contributed by atoms with van der Waals surface area (Å²) in [6.07, 6.45) is 6.94. The second-order valence-electron chi connectivity index (χ2n) is 26.0. The van der Waals surface area contributed by atoms with Gasteiger partial charge in [0.1, 0.15) is 0 Å². The van der Waals surface area contributed by atoms with Gasteiger partial charge in [-0.3, -0.25) is 24.5 Å². The van der Waals surface area contributed by atoms with E-state index in [2.05, 4.69) is 239 Å². The van der Waals surface area contributed by atoms with Crippen molar-refractivity contribution >= 4 is 0 Å². The van der Waals surface area contributed by atoms with Crippen molar-refractivity contribution in [3.8, 4) is 0 Å². The number of hydrogen-bond acceptors (Lipinski definition) is 8. The maximum absolute atomic E-state index is 5.35. The fraction of sp³-hybridized carbons (Fsp3) is 0.595. The smallest absolute Gasteiger partial charge is 0.0594 e. The zero-order valence-corrected chi connectivity index (χ0v) is 54.1. The van der Waals surface area contributed by atoms with Crippen molar-refractivity contribution in [1.82, 2.24) is 34.3 Å². The highest BCUT2D eigenvalue weighted by atomic mass is 16.5. The van der Waals surface area contributed by atoms with Crippen LogP contribution in [0, 0.1) is 0 Å². The molecule has 0 amide bonds. The number of nitrogens with zero attached hydrogens (tertiary/aromatic N) is 7. The number of rotatable bonds is 16. The van der Waals surface area contributed by atoms with E-state index >= 15 is 0 Å². The highest BCUT2D eigenvalue weighted by Gasteiger charge is 2.18. The summed E-state index contributed by atoms with van der Waals surface area (Å²) < 4.78 is 5.35. The average molecular weight is 1120 g/mol. The second kappa shape index (κ2) is 36.6. The van der Waals surface area contributed by atoms with Crippen molar-refractivity contribution in [1.29, 1.82) is 0 Å². The Bertz CT molecular complexity index is 2330. The Morgan fingerprint density at radius 2 is 0.500 bits per heavy atom. The number of likely N-dealkylation sites (tertiary alicyclic amines) is 2. The zero-order valence-electron chi connectivity index (χ0n) is 54.1. The summed E-state index contributed by atoms with van der Waals surface area (Å²) >= 11 is 0. The molecule has 0 saturated carbocycles. The van der Waals surface area contributed by atoms with Crippen molar-refractivity contribution in [2.75, 3.05) is 118 Å². The topological polar surface area (TPSA) is 31.9 Å². The van der Waals surface area contributed by atoms with Gasteiger partial charge in [-0.2, -0.15) is 0 Å². The van der Waals surface area contributed by atoms with Crippen molar-refractivity contribution in [2.45, 2.75) is 171 Å². The molecule has 5 aromatic carbocycles. The normalized spacial score (nSPS) is 18.2. The van der Waals surface area contributed by atoms with Gasteiger partial charge in [0.05, 0.1) is 13.2 Å². The van der Waals surface area contributed by atoms with Crippen molar-refractivity contribution in [3.63, 3.8) is 0 Å². The molecule has 82 heavy (non-hydrogen) atoms. The lowest BCUT2D eigenvalue weighted by Crippen LogP contribution is -2.45. The summed E-state index contributed by atoms with van der Waals surface area (Å²) in [5, 5.41) is 0. The van der Waals surface area contributed by atoms with E-state index in [9.17, 15) is 0 Å². The Hall–Kier alpha value is -4.22. The molecule has 5 aliphatic heterocycles. The van der Waals surface area contributed by atoms with Crippen molar-refractivity contribution < 1.29 is 4.74 Å². The van der Waals surface area contributed by atoms with Crippen LogP contribution in [-0.4, -0.2) is 153 Å². The lowest BCUT2D eigenvalue weighted by Gasteiger charge is -2.34. The number of ether oxygens (including phenoxy) is 1. The van der Waals surface area contributed by atoms with Gasteiger partial charge in [-0.05, 0) is 151 Å². The fourth-order valence-corrected chi connectivity index (χ4v) is 11.4. The summed E-state index contributed by atoms with van der Waals surface area (Å²) in [4.78, 5) is 17.6. The molecule has 0 bridgehead atoms. The first-order valence-corrected chi connectivity index (χ1v) is 32.6. The third-order valence-electron chi connectivity index (χ3n) is 17.5. The van der Waals surface area contributed by atoms with Crippen LogP contribution in [0.25, 0.3) is 0 Å². The first kappa shape index (κ1) is 66.9.